The van der Waals surface area contributed by atoms with Gasteiger partial charge in [-0.25, -0.2) is 4.79 Å². The molecule has 0 saturated heterocycles. The van der Waals surface area contributed by atoms with Crippen LogP contribution in [0.5, 0.6) is 5.75 Å². The van der Waals surface area contributed by atoms with E-state index in [9.17, 15) is 14.7 Å². The fraction of sp³-hybridized carbons (Fsp3) is 0.160. The van der Waals surface area contributed by atoms with Crippen molar-refractivity contribution in [2.45, 2.75) is 35.7 Å². The molecule has 0 fully saturated rings. The van der Waals surface area contributed by atoms with Gasteiger partial charge in [0.2, 0.25) is 5.16 Å². The highest BCUT2D eigenvalue weighted by Gasteiger charge is 2.24. The second-order valence-corrected chi connectivity index (χ2v) is 9.64. The lowest BCUT2D eigenvalue weighted by atomic mass is 10.0. The van der Waals surface area contributed by atoms with Crippen LogP contribution in [0.25, 0.3) is 0 Å². The molecule has 0 saturated carbocycles. The van der Waals surface area contributed by atoms with Crippen molar-refractivity contribution in [2.75, 3.05) is 0 Å². The highest BCUT2D eigenvalue weighted by atomic mass is 35.5. The van der Waals surface area contributed by atoms with Gasteiger partial charge in [-0.15, -0.1) is 10.2 Å². The van der Waals surface area contributed by atoms with Gasteiger partial charge >= 0.3 is 6.09 Å². The number of aromatic hydroxyl groups is 1. The molecule has 2 N–H and O–H groups in total. The molecule has 9 nitrogen and oxygen atoms in total. The third-order valence-electron chi connectivity index (χ3n) is 5.11. The summed E-state index contributed by atoms with van der Waals surface area (Å²) in [5.74, 6) is -0.271. The van der Waals surface area contributed by atoms with Gasteiger partial charge in [0.1, 0.15) is 18.9 Å². The number of halogens is 2. The Labute approximate surface area is 228 Å². The third kappa shape index (κ3) is 7.69. The van der Waals surface area contributed by atoms with E-state index in [4.69, 9.17) is 27.9 Å². The molecule has 1 heterocycles. The van der Waals surface area contributed by atoms with E-state index in [1.165, 1.54) is 12.1 Å². The number of phenols is 1. The normalized spacial score (nSPS) is 11.6. The van der Waals surface area contributed by atoms with Crippen molar-refractivity contribution in [2.24, 2.45) is 0 Å². The van der Waals surface area contributed by atoms with E-state index in [2.05, 4.69) is 20.7 Å². The van der Waals surface area contributed by atoms with Crippen molar-refractivity contribution in [1.29, 1.82) is 0 Å². The summed E-state index contributed by atoms with van der Waals surface area (Å²) in [6, 6.07) is 19.7. The topological polar surface area (TPSA) is 119 Å². The summed E-state index contributed by atoms with van der Waals surface area (Å²) in [7, 11) is 0. The number of ketones is 1. The van der Waals surface area contributed by atoms with Crippen LogP contribution in [-0.4, -0.2) is 43.2 Å². The van der Waals surface area contributed by atoms with Crippen LogP contribution in [0, 0.1) is 0 Å². The summed E-state index contributed by atoms with van der Waals surface area (Å²) in [5.41, 5.74) is 1.55. The zero-order valence-corrected chi connectivity index (χ0v) is 21.6. The molecular formula is C25H23Cl2N5O4S. The Morgan fingerprint density at radius 3 is 2.41 bits per heavy atom. The fourth-order valence-electron chi connectivity index (χ4n) is 3.28. The van der Waals surface area contributed by atoms with Gasteiger partial charge in [-0.2, -0.15) is 4.80 Å². The lowest BCUT2D eigenvalue weighted by Crippen LogP contribution is -2.44. The molecule has 192 valence electrons. The zero-order valence-electron chi connectivity index (χ0n) is 19.3. The number of hydrogen-bond acceptors (Lipinski definition) is 8. The monoisotopic (exact) mass is 559 g/mol. The van der Waals surface area contributed by atoms with Crippen LogP contribution in [0.1, 0.15) is 12.6 Å². The molecule has 0 radical (unpaired) electrons. The fourth-order valence-corrected chi connectivity index (χ4v) is 4.63. The van der Waals surface area contributed by atoms with Gasteiger partial charge in [0.05, 0.1) is 21.0 Å². The predicted molar refractivity (Wildman–Crippen MR) is 141 cm³/mol. The quantitative estimate of drug-likeness (QED) is 0.272. The number of ether oxygens (including phenoxy) is 1. The van der Waals surface area contributed by atoms with Gasteiger partial charge in [0.15, 0.2) is 5.78 Å². The Morgan fingerprint density at radius 1 is 1.00 bits per heavy atom. The Kier molecular flexibility index (Phi) is 8.99. The minimum absolute atomic E-state index is 0. The maximum atomic E-state index is 13.2. The molecule has 12 heteroatoms. The number of nitrogens with zero attached hydrogens (tertiary/aromatic N) is 4. The molecule has 1 amide bonds. The Morgan fingerprint density at radius 2 is 1.70 bits per heavy atom. The van der Waals surface area contributed by atoms with E-state index in [1.807, 2.05) is 30.3 Å². The lowest BCUT2D eigenvalue weighted by molar-refractivity contribution is -0.122. The van der Waals surface area contributed by atoms with Crippen molar-refractivity contribution >= 4 is 46.8 Å². The van der Waals surface area contributed by atoms with Gasteiger partial charge in [0.25, 0.3) is 0 Å². The number of tetrazole rings is 1. The molecule has 0 bridgehead atoms. The van der Waals surface area contributed by atoms with Crippen LogP contribution < -0.4 is 5.32 Å². The van der Waals surface area contributed by atoms with Crippen LogP contribution >= 0.6 is 35.0 Å². The molecule has 1 unspecified atom stereocenters. The van der Waals surface area contributed by atoms with Crippen LogP contribution in [0.2, 0.25) is 10.0 Å². The summed E-state index contributed by atoms with van der Waals surface area (Å²) in [6.07, 6.45) is -0.567. The summed E-state index contributed by atoms with van der Waals surface area (Å²) in [4.78, 5) is 27.4. The van der Waals surface area contributed by atoms with Gasteiger partial charge in [0, 0.05) is 1.43 Å². The van der Waals surface area contributed by atoms with Gasteiger partial charge in [-0.3, -0.25) is 4.79 Å². The Bertz CT molecular complexity index is 1360. The molecule has 4 rings (SSSR count). The van der Waals surface area contributed by atoms with E-state index < -0.39 is 12.1 Å². The van der Waals surface area contributed by atoms with Crippen molar-refractivity contribution in [3.05, 3.63) is 94.0 Å². The summed E-state index contributed by atoms with van der Waals surface area (Å²) in [5, 5.41) is 25.5. The second kappa shape index (κ2) is 12.6. The maximum absolute atomic E-state index is 13.2. The van der Waals surface area contributed by atoms with E-state index >= 15 is 0 Å². The first-order valence-electron chi connectivity index (χ1n) is 11.0. The number of carbonyl (C=O) groups is 2. The molecule has 1 aromatic heterocycles. The number of hydrogen-bond donors (Lipinski definition) is 2. The SMILES string of the molecule is O=C(NC(Cc1ccc(O)cc1)C(=O)Cn1nnc(Sc2c(Cl)cccc2Cl)n1)OCc1ccccc1.[HH]. The van der Waals surface area contributed by atoms with Gasteiger partial charge in [-0.1, -0.05) is 71.7 Å². The highest BCUT2D eigenvalue weighted by Crippen LogP contribution is 2.36. The van der Waals surface area contributed by atoms with Crippen molar-refractivity contribution in [1.82, 2.24) is 25.5 Å². The molecule has 0 aliphatic heterocycles. The van der Waals surface area contributed by atoms with Crippen LogP contribution in [0.3, 0.4) is 0 Å². The van der Waals surface area contributed by atoms with Gasteiger partial charge < -0.3 is 15.2 Å². The van der Waals surface area contributed by atoms with Crippen LogP contribution in [0.15, 0.2) is 82.8 Å². The summed E-state index contributed by atoms with van der Waals surface area (Å²) in [6.45, 7) is -0.186. The Balaban J connectivity index is 0.00000400. The van der Waals surface area contributed by atoms with Crippen LogP contribution in [-0.2, 0) is 29.1 Å². The minimum Gasteiger partial charge on any atom is -0.508 e. The number of Topliss-reactive ketones (excluding diaryl/α,β-unsaturated/α-hetero) is 1. The predicted octanol–water partition coefficient (Wildman–Crippen LogP) is 5.19. The smallest absolute Gasteiger partial charge is 0.408 e. The van der Waals surface area contributed by atoms with Crippen LogP contribution in [0.4, 0.5) is 4.79 Å². The minimum atomic E-state index is -0.937. The number of benzene rings is 3. The standard InChI is InChI=1S/C25H21Cl2N5O4S.H2/c26-19-7-4-8-20(27)23(19)37-24-29-31-32(30-24)14-22(34)21(13-16-9-11-18(33)12-10-16)28-25(35)36-15-17-5-2-1-3-6-17;/h1-12,21,33H,13-15H2,(H,28,35);1H. The number of nitrogens with one attached hydrogen (secondary N) is 1. The first-order chi connectivity index (χ1) is 17.9. The second-order valence-electron chi connectivity index (χ2n) is 7.85. The average Bonchev–Trinajstić information content (AvgIpc) is 3.33. The Hall–Kier alpha value is -3.60. The lowest BCUT2D eigenvalue weighted by Gasteiger charge is -2.17. The molecule has 0 aliphatic carbocycles. The van der Waals surface area contributed by atoms with E-state index in [1.54, 1.807) is 30.3 Å². The number of alkyl carbamates (subject to hydrolysis) is 1. The van der Waals surface area contributed by atoms with E-state index in [0.29, 0.717) is 14.9 Å². The summed E-state index contributed by atoms with van der Waals surface area (Å²) < 4.78 is 5.29. The van der Waals surface area contributed by atoms with E-state index in [0.717, 1.165) is 27.7 Å². The molecular weight excluding hydrogens is 537 g/mol. The average molecular weight is 560 g/mol. The molecule has 3 aromatic carbocycles. The maximum Gasteiger partial charge on any atom is 0.408 e. The molecule has 37 heavy (non-hydrogen) atoms. The third-order valence-corrected chi connectivity index (χ3v) is 6.96. The highest BCUT2D eigenvalue weighted by molar-refractivity contribution is 7.99. The van der Waals surface area contributed by atoms with Crippen molar-refractivity contribution in [3.63, 3.8) is 0 Å². The number of phenolic OH excluding ortho intramolecular Hbond substituents is 1. The first-order valence-corrected chi connectivity index (χ1v) is 12.6. The zero-order chi connectivity index (χ0) is 26.2. The molecule has 1 atom stereocenters. The van der Waals surface area contributed by atoms with Crippen molar-refractivity contribution < 1.29 is 20.9 Å². The van der Waals surface area contributed by atoms with Gasteiger partial charge in [-0.05, 0) is 58.8 Å². The van der Waals surface area contributed by atoms with E-state index in [-0.39, 0.29) is 37.7 Å². The largest absolute Gasteiger partial charge is 0.508 e. The molecule has 4 aromatic rings. The molecule has 0 spiro atoms. The number of rotatable bonds is 10. The first kappa shape index (κ1) is 26.5. The summed E-state index contributed by atoms with van der Waals surface area (Å²) >= 11 is 13.5. The number of amides is 1. The van der Waals surface area contributed by atoms with Crippen molar-refractivity contribution in [3.8, 4) is 5.75 Å². The molecule has 0 aliphatic rings. The number of carbonyl (C=O) groups excluding carboxylic acids is 2. The number of aromatic nitrogens is 4.